The summed E-state index contributed by atoms with van der Waals surface area (Å²) in [5.41, 5.74) is 0. The minimum absolute atomic E-state index is 0.256. The Morgan fingerprint density at radius 1 is 1.11 bits per heavy atom. The van der Waals surface area contributed by atoms with Crippen molar-refractivity contribution < 1.29 is 14.7 Å². The number of hydrogen-bond acceptors (Lipinski definition) is 2. The standard InChI is InChI=1S/C16H24O3/c17-10-9-15-13-8-7-12(11-13)14(15)5-3-1-2-4-6-16(18)19/h1,3,10,12-15H,2,4-9,11H2,(H,18,19)/b3-1-/t12-,13+,14-,15+/m0/s1. The van der Waals surface area contributed by atoms with Crippen LogP contribution in [0.5, 0.6) is 0 Å². The van der Waals surface area contributed by atoms with Gasteiger partial charge in [-0.25, -0.2) is 0 Å². The summed E-state index contributed by atoms with van der Waals surface area (Å²) >= 11 is 0. The number of carbonyl (C=O) groups excluding carboxylic acids is 1. The van der Waals surface area contributed by atoms with Gasteiger partial charge in [0.05, 0.1) is 0 Å². The van der Waals surface area contributed by atoms with E-state index in [0.29, 0.717) is 11.8 Å². The number of hydrogen-bond donors (Lipinski definition) is 1. The zero-order valence-corrected chi connectivity index (χ0v) is 11.5. The predicted octanol–water partition coefficient (Wildman–Crippen LogP) is 3.44. The molecule has 0 amide bonds. The number of fused-ring (bicyclic) bond motifs is 2. The van der Waals surface area contributed by atoms with Gasteiger partial charge in [-0.15, -0.1) is 0 Å². The lowest BCUT2D eigenvalue weighted by Gasteiger charge is -2.29. The summed E-state index contributed by atoms with van der Waals surface area (Å²) in [6.45, 7) is 0. The number of carboxylic acids is 1. The quantitative estimate of drug-likeness (QED) is 0.415. The molecule has 0 radical (unpaired) electrons. The highest BCUT2D eigenvalue weighted by atomic mass is 16.4. The maximum absolute atomic E-state index is 10.8. The molecule has 19 heavy (non-hydrogen) atoms. The molecular weight excluding hydrogens is 240 g/mol. The van der Waals surface area contributed by atoms with Gasteiger partial charge in [-0.3, -0.25) is 4.79 Å². The zero-order chi connectivity index (χ0) is 13.7. The molecule has 0 heterocycles. The van der Waals surface area contributed by atoms with E-state index >= 15 is 0 Å². The van der Waals surface area contributed by atoms with Crippen LogP contribution < -0.4 is 0 Å². The van der Waals surface area contributed by atoms with Crippen molar-refractivity contribution in [3.05, 3.63) is 12.2 Å². The fourth-order valence-electron chi connectivity index (χ4n) is 4.12. The smallest absolute Gasteiger partial charge is 0.303 e. The number of carbonyl (C=O) groups is 2. The van der Waals surface area contributed by atoms with Crippen LogP contribution in [0, 0.1) is 23.7 Å². The maximum Gasteiger partial charge on any atom is 0.303 e. The molecule has 3 heteroatoms. The number of unbranched alkanes of at least 4 members (excludes halogenated alkanes) is 1. The Balaban J connectivity index is 1.73. The van der Waals surface area contributed by atoms with E-state index in [1.165, 1.54) is 19.3 Å². The van der Waals surface area contributed by atoms with Crippen molar-refractivity contribution in [1.82, 2.24) is 0 Å². The molecule has 2 bridgehead atoms. The van der Waals surface area contributed by atoms with Crippen molar-refractivity contribution in [3.63, 3.8) is 0 Å². The van der Waals surface area contributed by atoms with Crippen molar-refractivity contribution in [2.75, 3.05) is 0 Å². The second-order valence-electron chi connectivity index (χ2n) is 6.06. The highest BCUT2D eigenvalue weighted by Crippen LogP contribution is 2.54. The lowest BCUT2D eigenvalue weighted by atomic mass is 9.76. The summed E-state index contributed by atoms with van der Waals surface area (Å²) in [5.74, 6) is 2.21. The number of carboxylic acid groups (broad SMARTS) is 1. The Morgan fingerprint density at radius 2 is 1.79 bits per heavy atom. The summed E-state index contributed by atoms with van der Waals surface area (Å²) in [4.78, 5) is 21.2. The van der Waals surface area contributed by atoms with Gasteiger partial charge in [-0.2, -0.15) is 0 Å². The lowest BCUT2D eigenvalue weighted by Crippen LogP contribution is -2.22. The minimum Gasteiger partial charge on any atom is -0.481 e. The van der Waals surface area contributed by atoms with Crippen LogP contribution in [0.1, 0.15) is 51.4 Å². The van der Waals surface area contributed by atoms with Crippen LogP contribution in [-0.2, 0) is 9.59 Å². The van der Waals surface area contributed by atoms with E-state index < -0.39 is 5.97 Å². The van der Waals surface area contributed by atoms with Crippen molar-refractivity contribution in [2.45, 2.75) is 51.4 Å². The summed E-state index contributed by atoms with van der Waals surface area (Å²) in [7, 11) is 0. The van der Waals surface area contributed by atoms with Gasteiger partial charge in [0.25, 0.3) is 0 Å². The monoisotopic (exact) mass is 264 g/mol. The van der Waals surface area contributed by atoms with E-state index in [0.717, 1.165) is 43.8 Å². The third-order valence-corrected chi connectivity index (χ3v) is 4.98. The van der Waals surface area contributed by atoms with Crippen molar-refractivity contribution >= 4 is 12.3 Å². The molecule has 3 nitrogen and oxygen atoms in total. The van der Waals surface area contributed by atoms with Gasteiger partial charge >= 0.3 is 5.97 Å². The van der Waals surface area contributed by atoms with Crippen molar-refractivity contribution in [1.29, 1.82) is 0 Å². The highest BCUT2D eigenvalue weighted by molar-refractivity contribution is 5.66. The van der Waals surface area contributed by atoms with Crippen LogP contribution in [-0.4, -0.2) is 17.4 Å². The van der Waals surface area contributed by atoms with Gasteiger partial charge in [-0.05, 0) is 62.2 Å². The maximum atomic E-state index is 10.8. The Kier molecular flexibility index (Phi) is 5.17. The molecule has 1 N–H and O–H groups in total. The van der Waals surface area contributed by atoms with Crippen LogP contribution in [0.25, 0.3) is 0 Å². The topological polar surface area (TPSA) is 54.4 Å². The SMILES string of the molecule is O=CC[C@@H]1[C@@H]2CC[C@@H](C2)[C@@H]1C/C=C\CCCC(=O)O. The third-order valence-electron chi connectivity index (χ3n) is 4.98. The third kappa shape index (κ3) is 3.68. The number of rotatable bonds is 8. The van der Waals surface area contributed by atoms with Gasteiger partial charge in [0.2, 0.25) is 0 Å². The first-order valence-electron chi connectivity index (χ1n) is 7.52. The Bertz CT molecular complexity index is 348. The summed E-state index contributed by atoms with van der Waals surface area (Å²) in [5, 5.41) is 8.55. The average Bonchev–Trinajstić information content (AvgIpc) is 2.95. The van der Waals surface area contributed by atoms with Crippen molar-refractivity contribution in [3.8, 4) is 0 Å². The zero-order valence-electron chi connectivity index (χ0n) is 11.5. The fraction of sp³-hybridized carbons (Fsp3) is 0.750. The molecule has 2 aliphatic rings. The molecule has 2 saturated carbocycles. The Morgan fingerprint density at radius 3 is 2.42 bits per heavy atom. The first-order valence-corrected chi connectivity index (χ1v) is 7.52. The largest absolute Gasteiger partial charge is 0.481 e. The average molecular weight is 264 g/mol. The molecule has 4 atom stereocenters. The predicted molar refractivity (Wildman–Crippen MR) is 73.7 cm³/mol. The van der Waals surface area contributed by atoms with Gasteiger partial charge in [-0.1, -0.05) is 12.2 Å². The van der Waals surface area contributed by atoms with E-state index in [4.69, 9.17) is 5.11 Å². The second-order valence-corrected chi connectivity index (χ2v) is 6.06. The van der Waals surface area contributed by atoms with Crippen LogP contribution in [0.3, 0.4) is 0 Å². The van der Waals surface area contributed by atoms with Crippen molar-refractivity contribution in [2.24, 2.45) is 23.7 Å². The molecule has 0 spiro atoms. The summed E-state index contributed by atoms with van der Waals surface area (Å²) in [6.07, 6.45) is 13.1. The minimum atomic E-state index is -0.715. The Labute approximate surface area is 115 Å². The highest BCUT2D eigenvalue weighted by Gasteiger charge is 2.46. The number of aliphatic carboxylic acids is 1. The number of allylic oxidation sites excluding steroid dienone is 2. The van der Waals surface area contributed by atoms with Gasteiger partial charge in [0.1, 0.15) is 6.29 Å². The van der Waals surface area contributed by atoms with E-state index in [-0.39, 0.29) is 6.42 Å². The van der Waals surface area contributed by atoms with E-state index in [1.54, 1.807) is 0 Å². The molecule has 0 aromatic rings. The molecule has 2 fully saturated rings. The molecule has 0 aliphatic heterocycles. The molecule has 106 valence electrons. The molecule has 2 rings (SSSR count). The first kappa shape index (κ1) is 14.3. The molecule has 2 aliphatic carbocycles. The van der Waals surface area contributed by atoms with E-state index in [9.17, 15) is 9.59 Å². The Hall–Kier alpha value is -1.12. The van der Waals surface area contributed by atoms with Crippen LogP contribution in [0.15, 0.2) is 12.2 Å². The number of aldehydes is 1. The first-order chi connectivity index (χ1) is 9.22. The summed E-state index contributed by atoms with van der Waals surface area (Å²) < 4.78 is 0. The van der Waals surface area contributed by atoms with Gasteiger partial charge < -0.3 is 9.90 Å². The fourth-order valence-corrected chi connectivity index (χ4v) is 4.12. The van der Waals surface area contributed by atoms with Crippen LogP contribution >= 0.6 is 0 Å². The molecular formula is C16H24O3. The van der Waals surface area contributed by atoms with E-state index in [1.807, 2.05) is 0 Å². The molecule has 0 unspecified atom stereocenters. The van der Waals surface area contributed by atoms with Crippen LogP contribution in [0.2, 0.25) is 0 Å². The van der Waals surface area contributed by atoms with Gasteiger partial charge in [0.15, 0.2) is 0 Å². The lowest BCUT2D eigenvalue weighted by molar-refractivity contribution is -0.137. The summed E-state index contributed by atoms with van der Waals surface area (Å²) in [6, 6.07) is 0. The van der Waals surface area contributed by atoms with Gasteiger partial charge in [0, 0.05) is 12.8 Å². The van der Waals surface area contributed by atoms with Crippen LogP contribution in [0.4, 0.5) is 0 Å². The molecule has 0 saturated heterocycles. The second kappa shape index (κ2) is 6.88. The van der Waals surface area contributed by atoms with E-state index in [2.05, 4.69) is 12.2 Å². The molecule has 0 aromatic carbocycles. The normalized spacial score (nSPS) is 33.1. The molecule has 0 aromatic heterocycles.